The van der Waals surface area contributed by atoms with Crippen LogP contribution in [-0.2, 0) is 23.9 Å². The highest BCUT2D eigenvalue weighted by molar-refractivity contribution is 6.07. The van der Waals surface area contributed by atoms with Crippen molar-refractivity contribution in [2.24, 2.45) is 5.92 Å². The molecule has 4 heterocycles. The first kappa shape index (κ1) is 34.7. The lowest BCUT2D eigenvalue weighted by molar-refractivity contribution is -0.130. The van der Waals surface area contributed by atoms with E-state index in [-0.39, 0.29) is 81.1 Å². The van der Waals surface area contributed by atoms with E-state index in [4.69, 9.17) is 9.47 Å². The number of hydrogen-bond acceptors (Lipinski definition) is 10. The summed E-state index contributed by atoms with van der Waals surface area (Å²) in [5.41, 5.74) is 1.62. The van der Waals surface area contributed by atoms with Gasteiger partial charge in [0.05, 0.1) is 48.9 Å². The van der Waals surface area contributed by atoms with E-state index in [0.29, 0.717) is 29.6 Å². The van der Waals surface area contributed by atoms with Gasteiger partial charge in [0, 0.05) is 57.1 Å². The third-order valence-electron chi connectivity index (χ3n) is 8.51. The average molecular weight is 671 g/mol. The molecule has 49 heavy (non-hydrogen) atoms. The van der Waals surface area contributed by atoms with E-state index in [1.54, 1.807) is 48.6 Å². The van der Waals surface area contributed by atoms with Crippen molar-refractivity contribution in [2.75, 3.05) is 53.0 Å². The molecular formula is C34H38N8O7. The Kier molecular flexibility index (Phi) is 11.7. The number of fused-ring (bicyclic) bond motifs is 1. The van der Waals surface area contributed by atoms with Crippen LogP contribution in [0.4, 0.5) is 0 Å². The van der Waals surface area contributed by atoms with Crippen LogP contribution in [0.25, 0.3) is 10.9 Å². The normalized spacial score (nSPS) is 18.6. The van der Waals surface area contributed by atoms with Gasteiger partial charge in [-0.05, 0) is 48.7 Å². The summed E-state index contributed by atoms with van der Waals surface area (Å²) < 4.78 is 11.2. The summed E-state index contributed by atoms with van der Waals surface area (Å²) in [6.07, 6.45) is 6.29. The number of benzene rings is 1. The third-order valence-corrected chi connectivity index (χ3v) is 8.51. The topological polar surface area (TPSA) is 196 Å². The lowest BCUT2D eigenvalue weighted by Crippen LogP contribution is -2.42. The fourth-order valence-electron chi connectivity index (χ4n) is 6.02. The van der Waals surface area contributed by atoms with E-state index in [2.05, 4.69) is 32.0 Å². The molecule has 15 heteroatoms. The summed E-state index contributed by atoms with van der Waals surface area (Å²) in [6.45, 7) is 0.881. The number of ether oxygens (including phenoxy) is 2. The van der Waals surface area contributed by atoms with E-state index in [0.717, 1.165) is 12.0 Å². The molecule has 2 aliphatic rings. The number of rotatable bonds is 14. The number of likely N-dealkylation sites (tertiary alicyclic amines) is 2. The summed E-state index contributed by atoms with van der Waals surface area (Å²) in [7, 11) is 1.68. The number of pyridine rings is 2. The molecule has 15 nitrogen and oxygen atoms in total. The summed E-state index contributed by atoms with van der Waals surface area (Å²) in [5, 5.41) is 17.9. The Bertz CT molecular complexity index is 1730. The Morgan fingerprint density at radius 2 is 1.88 bits per heavy atom. The highest BCUT2D eigenvalue weighted by atomic mass is 16.5. The Balaban J connectivity index is 1.01. The molecule has 3 aromatic rings. The number of aromatic nitrogens is 2. The zero-order chi connectivity index (χ0) is 34.8. The molecule has 0 aliphatic carbocycles. The monoisotopic (exact) mass is 670 g/mol. The second kappa shape index (κ2) is 16.5. The lowest BCUT2D eigenvalue weighted by Gasteiger charge is -2.24. The molecule has 1 aromatic carbocycles. The van der Waals surface area contributed by atoms with E-state index in [9.17, 15) is 29.2 Å². The summed E-state index contributed by atoms with van der Waals surface area (Å²) in [5.74, 6) is -1.69. The number of carbonyl (C=O) groups excluding carboxylic acids is 5. The Morgan fingerprint density at radius 1 is 1.06 bits per heavy atom. The van der Waals surface area contributed by atoms with Gasteiger partial charge < -0.3 is 35.2 Å². The van der Waals surface area contributed by atoms with Crippen molar-refractivity contribution in [3.8, 4) is 11.8 Å². The predicted molar refractivity (Wildman–Crippen MR) is 175 cm³/mol. The summed E-state index contributed by atoms with van der Waals surface area (Å²) in [6, 6.07) is 11.3. The molecule has 3 atom stereocenters. The van der Waals surface area contributed by atoms with Gasteiger partial charge in [-0.2, -0.15) is 5.26 Å². The molecule has 0 unspecified atom stereocenters. The predicted octanol–water partition coefficient (Wildman–Crippen LogP) is 0.722. The lowest BCUT2D eigenvalue weighted by atomic mass is 9.94. The van der Waals surface area contributed by atoms with E-state index in [1.807, 2.05) is 6.07 Å². The highest BCUT2D eigenvalue weighted by Crippen LogP contribution is 2.36. The number of nitriles is 1. The van der Waals surface area contributed by atoms with Crippen LogP contribution in [0.15, 0.2) is 55.0 Å². The first-order valence-corrected chi connectivity index (χ1v) is 16.0. The average Bonchev–Trinajstić information content (AvgIpc) is 3.72. The van der Waals surface area contributed by atoms with E-state index in [1.165, 1.54) is 17.2 Å². The third kappa shape index (κ3) is 8.65. The maximum absolute atomic E-state index is 13.0. The molecule has 0 bridgehead atoms. The zero-order valence-corrected chi connectivity index (χ0v) is 27.1. The van der Waals surface area contributed by atoms with Gasteiger partial charge in [0.15, 0.2) is 6.61 Å². The van der Waals surface area contributed by atoms with Crippen molar-refractivity contribution in [1.82, 2.24) is 35.7 Å². The van der Waals surface area contributed by atoms with Gasteiger partial charge in [-0.3, -0.25) is 33.9 Å². The molecule has 2 aliphatic heterocycles. The minimum atomic E-state index is -0.529. The Hall–Kier alpha value is -5.62. The fourth-order valence-corrected chi connectivity index (χ4v) is 6.02. The number of nitrogens with one attached hydrogen (secondary N) is 3. The first-order chi connectivity index (χ1) is 23.8. The number of carbonyl (C=O) groups is 5. The largest absolute Gasteiger partial charge is 0.484 e. The Labute approximate surface area is 282 Å². The van der Waals surface area contributed by atoms with E-state index < -0.39 is 17.9 Å². The second-order valence-corrected chi connectivity index (χ2v) is 11.7. The molecular weight excluding hydrogens is 632 g/mol. The molecule has 2 aromatic heterocycles. The minimum Gasteiger partial charge on any atom is -0.484 e. The van der Waals surface area contributed by atoms with Crippen molar-refractivity contribution < 1.29 is 33.4 Å². The first-order valence-electron chi connectivity index (χ1n) is 16.0. The summed E-state index contributed by atoms with van der Waals surface area (Å²) in [4.78, 5) is 74.5. The van der Waals surface area contributed by atoms with Gasteiger partial charge in [0.25, 0.3) is 11.8 Å². The van der Waals surface area contributed by atoms with Gasteiger partial charge in [-0.25, -0.2) is 0 Å². The molecule has 0 saturated carbocycles. The van der Waals surface area contributed by atoms with Crippen LogP contribution in [0.2, 0.25) is 0 Å². The molecule has 0 radical (unpaired) electrons. The van der Waals surface area contributed by atoms with Crippen LogP contribution in [0.5, 0.6) is 5.75 Å². The number of nitrogens with zero attached hydrogens (tertiary/aromatic N) is 5. The quantitative estimate of drug-likeness (QED) is 0.206. The second-order valence-electron chi connectivity index (χ2n) is 11.7. The smallest absolute Gasteiger partial charge is 0.258 e. The molecule has 2 saturated heterocycles. The van der Waals surface area contributed by atoms with Crippen molar-refractivity contribution >= 4 is 40.4 Å². The van der Waals surface area contributed by atoms with Crippen LogP contribution >= 0.6 is 0 Å². The van der Waals surface area contributed by atoms with Gasteiger partial charge in [-0.15, -0.1) is 0 Å². The van der Waals surface area contributed by atoms with Crippen molar-refractivity contribution in [3.63, 3.8) is 0 Å². The molecule has 3 N–H and O–H groups in total. The SMILES string of the molecule is CN1C(=O)C[C@H](C(=O)NCCOCCNC(=O)COc2ccc3nccc(C(=O)NCC(=O)N4CCC[C@@H]4C#N)c3c2)[C@H]1c1cccnc1. The minimum absolute atomic E-state index is 0.103. The number of hydrogen-bond donors (Lipinski definition) is 3. The molecule has 256 valence electrons. The standard InChI is InChI=1S/C34H38N8O7/c1-41-30(44)17-27(32(41)22-4-2-9-36-19-22)34(47)39-12-15-48-14-11-38-29(43)21-49-24-6-7-28-26(16-24)25(8-10-37-28)33(46)40-20-31(45)42-13-3-5-23(42)18-35/h2,4,6-10,16,19,23,27,32H,3,5,11-15,17,20-21H2,1H3,(H,38,43)(H,39,47)(H,40,46)/t23-,27+,32-/m1/s1. The molecule has 5 rings (SSSR count). The summed E-state index contributed by atoms with van der Waals surface area (Å²) >= 11 is 0. The van der Waals surface area contributed by atoms with Crippen LogP contribution in [-0.4, -0.2) is 108 Å². The van der Waals surface area contributed by atoms with Crippen LogP contribution in [0.1, 0.15) is 41.2 Å². The van der Waals surface area contributed by atoms with Crippen LogP contribution in [0.3, 0.4) is 0 Å². The molecule has 2 fully saturated rings. The molecule has 0 spiro atoms. The van der Waals surface area contributed by atoms with Gasteiger partial charge in [-0.1, -0.05) is 6.07 Å². The van der Waals surface area contributed by atoms with Crippen LogP contribution < -0.4 is 20.7 Å². The molecule has 5 amide bonds. The van der Waals surface area contributed by atoms with Crippen LogP contribution in [0, 0.1) is 17.2 Å². The maximum atomic E-state index is 13.0. The van der Waals surface area contributed by atoms with Gasteiger partial charge >= 0.3 is 0 Å². The Morgan fingerprint density at radius 3 is 2.65 bits per heavy atom. The van der Waals surface area contributed by atoms with Gasteiger partial charge in [0.2, 0.25) is 17.7 Å². The zero-order valence-electron chi connectivity index (χ0n) is 27.1. The van der Waals surface area contributed by atoms with Gasteiger partial charge in [0.1, 0.15) is 11.8 Å². The van der Waals surface area contributed by atoms with Crippen molar-refractivity contribution in [1.29, 1.82) is 5.26 Å². The van der Waals surface area contributed by atoms with Crippen molar-refractivity contribution in [3.05, 3.63) is 66.1 Å². The maximum Gasteiger partial charge on any atom is 0.258 e. The number of amides is 5. The fraction of sp³-hybridized carbons (Fsp3) is 0.412. The van der Waals surface area contributed by atoms with E-state index >= 15 is 0 Å². The van der Waals surface area contributed by atoms with Crippen molar-refractivity contribution in [2.45, 2.75) is 31.3 Å². The highest BCUT2D eigenvalue weighted by Gasteiger charge is 2.42.